The van der Waals surface area contributed by atoms with E-state index in [2.05, 4.69) is 0 Å². The second-order valence-electron chi connectivity index (χ2n) is 5.64. The van der Waals surface area contributed by atoms with Crippen LogP contribution in [0.4, 0.5) is 0 Å². The third-order valence-electron chi connectivity index (χ3n) is 3.79. The second kappa shape index (κ2) is 6.21. The number of hydrogen-bond acceptors (Lipinski definition) is 6. The molecule has 0 saturated carbocycles. The number of ether oxygens (including phenoxy) is 1. The van der Waals surface area contributed by atoms with Gasteiger partial charge in [-0.05, 0) is 33.6 Å². The number of carbonyl (C=O) groups excluding carboxylic acids is 1. The molecule has 1 fully saturated rings. The lowest BCUT2D eigenvalue weighted by molar-refractivity contribution is -0.145. The van der Waals surface area contributed by atoms with Crippen molar-refractivity contribution in [3.8, 4) is 0 Å². The molecule has 1 saturated heterocycles. The first kappa shape index (κ1) is 18.4. The van der Waals surface area contributed by atoms with Crippen LogP contribution in [0.25, 0.3) is 0 Å². The second-order valence-corrected chi connectivity index (χ2v) is 10.4. The number of esters is 1. The Morgan fingerprint density at radius 2 is 1.67 bits per heavy atom. The minimum Gasteiger partial charge on any atom is -0.465 e. The quantitative estimate of drug-likeness (QED) is 0.661. The maximum Gasteiger partial charge on any atom is 0.326 e. The van der Waals surface area contributed by atoms with Crippen LogP contribution in [0, 0.1) is 0 Å². The van der Waals surface area contributed by atoms with E-state index in [0.717, 1.165) is 6.26 Å². The molecule has 7 nitrogen and oxygen atoms in total. The fourth-order valence-corrected chi connectivity index (χ4v) is 5.14. The predicted octanol–water partition coefficient (Wildman–Crippen LogP) is 0.167. The molecule has 0 atom stereocenters. The third kappa shape index (κ3) is 3.75. The summed E-state index contributed by atoms with van der Waals surface area (Å²) in [5, 5.41) is -0.727. The van der Waals surface area contributed by atoms with Crippen LogP contribution in [0.3, 0.4) is 0 Å². The third-order valence-corrected chi connectivity index (χ3v) is 8.03. The summed E-state index contributed by atoms with van der Waals surface area (Å²) < 4.78 is 52.6. The van der Waals surface area contributed by atoms with Gasteiger partial charge in [-0.25, -0.2) is 21.1 Å². The fourth-order valence-electron chi connectivity index (χ4n) is 2.31. The Labute approximate surface area is 126 Å². The first-order valence-electron chi connectivity index (χ1n) is 6.80. The van der Waals surface area contributed by atoms with Crippen molar-refractivity contribution < 1.29 is 26.4 Å². The normalized spacial score (nSPS) is 19.4. The highest BCUT2D eigenvalue weighted by Gasteiger charge is 2.48. The number of rotatable bonds is 5. The molecule has 0 aromatic heterocycles. The number of sulfonamides is 1. The van der Waals surface area contributed by atoms with Gasteiger partial charge >= 0.3 is 5.97 Å². The van der Waals surface area contributed by atoms with Crippen LogP contribution in [-0.2, 0) is 29.4 Å². The molecule has 0 N–H and O–H groups in total. The van der Waals surface area contributed by atoms with E-state index in [1.165, 1.54) is 18.2 Å². The molecule has 0 aliphatic carbocycles. The van der Waals surface area contributed by atoms with Crippen molar-refractivity contribution in [2.24, 2.45) is 0 Å². The van der Waals surface area contributed by atoms with Gasteiger partial charge in [0.05, 0.1) is 18.1 Å². The Bertz CT molecular complexity index is 585. The molecule has 1 aliphatic rings. The molecule has 0 radical (unpaired) electrons. The van der Waals surface area contributed by atoms with Gasteiger partial charge in [0.1, 0.15) is 0 Å². The maximum atomic E-state index is 12.6. The zero-order valence-corrected chi connectivity index (χ0v) is 14.5. The number of carbonyl (C=O) groups is 1. The van der Waals surface area contributed by atoms with Crippen molar-refractivity contribution in [3.63, 3.8) is 0 Å². The number of nitrogens with zero attached hydrogens (tertiary/aromatic N) is 1. The highest BCUT2D eigenvalue weighted by atomic mass is 32.2. The van der Waals surface area contributed by atoms with E-state index in [9.17, 15) is 21.6 Å². The largest absolute Gasteiger partial charge is 0.465 e. The van der Waals surface area contributed by atoms with Gasteiger partial charge < -0.3 is 4.74 Å². The van der Waals surface area contributed by atoms with Crippen LogP contribution in [-0.4, -0.2) is 63.1 Å². The number of sulfone groups is 1. The van der Waals surface area contributed by atoms with Gasteiger partial charge in [-0.2, -0.15) is 0 Å². The molecule has 1 rings (SSSR count). The van der Waals surface area contributed by atoms with Crippen molar-refractivity contribution in [1.82, 2.24) is 4.31 Å². The van der Waals surface area contributed by atoms with Crippen LogP contribution in [0.15, 0.2) is 0 Å². The molecular weight excluding hydrogens is 318 g/mol. The zero-order chi connectivity index (χ0) is 16.5. The smallest absolute Gasteiger partial charge is 0.326 e. The molecule has 0 aromatic carbocycles. The highest BCUT2D eigenvalue weighted by molar-refractivity contribution is 7.94. The number of hydrogen-bond donors (Lipinski definition) is 0. The van der Waals surface area contributed by atoms with Crippen LogP contribution in [0.2, 0.25) is 0 Å². The molecule has 0 amide bonds. The van der Waals surface area contributed by atoms with Gasteiger partial charge in [0.15, 0.2) is 14.6 Å². The van der Waals surface area contributed by atoms with Crippen molar-refractivity contribution >= 4 is 25.8 Å². The minimum atomic E-state index is -3.75. The lowest BCUT2D eigenvalue weighted by Crippen LogP contribution is -2.50. The molecule has 9 heteroatoms. The molecule has 1 aliphatic heterocycles. The van der Waals surface area contributed by atoms with E-state index in [4.69, 9.17) is 4.74 Å². The Balaban J connectivity index is 2.89. The topological polar surface area (TPSA) is 97.8 Å². The van der Waals surface area contributed by atoms with E-state index < -0.39 is 35.8 Å². The molecular formula is C12H23NO6S2. The Hall–Kier alpha value is -0.670. The van der Waals surface area contributed by atoms with Gasteiger partial charge in [0.2, 0.25) is 10.0 Å². The first-order chi connectivity index (χ1) is 9.44. The van der Waals surface area contributed by atoms with Crippen molar-refractivity contribution in [1.29, 1.82) is 0 Å². The molecule has 124 valence electrons. The summed E-state index contributed by atoms with van der Waals surface area (Å²) in [6, 6.07) is 0. The average molecular weight is 341 g/mol. The number of piperidine rings is 1. The summed E-state index contributed by atoms with van der Waals surface area (Å²) >= 11 is 0. The lowest BCUT2D eigenvalue weighted by atomic mass is 10.2. The summed E-state index contributed by atoms with van der Waals surface area (Å²) in [5.74, 6) is -0.768. The van der Waals surface area contributed by atoms with Gasteiger partial charge in [0.25, 0.3) is 0 Å². The summed E-state index contributed by atoms with van der Waals surface area (Å²) in [5.41, 5.74) is 0. The predicted molar refractivity (Wildman–Crippen MR) is 79.1 cm³/mol. The molecule has 0 aromatic rings. The van der Waals surface area contributed by atoms with E-state index in [-0.39, 0.29) is 32.5 Å². The van der Waals surface area contributed by atoms with Crippen LogP contribution in [0.5, 0.6) is 0 Å². The minimum absolute atomic E-state index is 0.115. The SMILES string of the molecule is CCOC(=O)C(C)(C)S(=O)(=O)C1CCN(S(C)(=O)=O)CC1. The monoisotopic (exact) mass is 341 g/mol. The van der Waals surface area contributed by atoms with Gasteiger partial charge in [-0.15, -0.1) is 0 Å². The Morgan fingerprint density at radius 1 is 1.19 bits per heavy atom. The van der Waals surface area contributed by atoms with Gasteiger partial charge in [0, 0.05) is 13.1 Å². The maximum absolute atomic E-state index is 12.6. The van der Waals surface area contributed by atoms with Gasteiger partial charge in [-0.1, -0.05) is 0 Å². The lowest BCUT2D eigenvalue weighted by Gasteiger charge is -2.34. The zero-order valence-electron chi connectivity index (χ0n) is 12.8. The molecule has 0 spiro atoms. The first-order valence-corrected chi connectivity index (χ1v) is 10.2. The van der Waals surface area contributed by atoms with Crippen molar-refractivity contribution in [2.75, 3.05) is 26.0 Å². The summed E-state index contributed by atoms with van der Waals surface area (Å²) in [6.07, 6.45) is 1.49. The molecule has 0 unspecified atom stereocenters. The summed E-state index contributed by atoms with van der Waals surface area (Å²) in [4.78, 5) is 11.9. The molecule has 0 bridgehead atoms. The van der Waals surface area contributed by atoms with Crippen LogP contribution < -0.4 is 0 Å². The summed E-state index contributed by atoms with van der Waals surface area (Å²) in [6.45, 7) is 4.71. The standard InChI is InChI=1S/C12H23NO6S2/c1-5-19-11(14)12(2,3)21(17,18)10-6-8-13(9-7-10)20(4,15)16/h10H,5-9H2,1-4H3. The van der Waals surface area contributed by atoms with E-state index in [1.54, 1.807) is 6.92 Å². The van der Waals surface area contributed by atoms with E-state index in [1.807, 2.05) is 0 Å². The highest BCUT2D eigenvalue weighted by Crippen LogP contribution is 2.29. The van der Waals surface area contributed by atoms with Crippen LogP contribution in [0.1, 0.15) is 33.6 Å². The van der Waals surface area contributed by atoms with Crippen molar-refractivity contribution in [3.05, 3.63) is 0 Å². The molecule has 1 heterocycles. The Morgan fingerprint density at radius 3 is 2.05 bits per heavy atom. The molecule has 21 heavy (non-hydrogen) atoms. The average Bonchev–Trinajstić information content (AvgIpc) is 2.37. The van der Waals surface area contributed by atoms with Crippen LogP contribution >= 0.6 is 0 Å². The van der Waals surface area contributed by atoms with E-state index in [0.29, 0.717) is 0 Å². The van der Waals surface area contributed by atoms with E-state index >= 15 is 0 Å². The Kier molecular flexibility index (Phi) is 5.44. The van der Waals surface area contributed by atoms with Crippen molar-refractivity contribution in [2.45, 2.75) is 43.6 Å². The van der Waals surface area contributed by atoms with Gasteiger partial charge in [-0.3, -0.25) is 4.79 Å². The summed E-state index contributed by atoms with van der Waals surface area (Å²) in [7, 11) is -7.06. The fraction of sp³-hybridized carbons (Fsp3) is 0.917.